The fraction of sp³-hybridized carbons (Fsp3) is 0.188. The van der Waals surface area contributed by atoms with Crippen molar-refractivity contribution in [1.29, 1.82) is 0 Å². The molecule has 0 aliphatic rings. The number of carboxylic acid groups (broad SMARTS) is 1. The summed E-state index contributed by atoms with van der Waals surface area (Å²) in [7, 11) is 0. The Kier molecular flexibility index (Phi) is 5.10. The molecule has 0 saturated carbocycles. The van der Waals surface area contributed by atoms with Gasteiger partial charge in [-0.05, 0) is 42.3 Å². The molecule has 0 aromatic heterocycles. The standard InChI is InChI=1S/C16H14Cl2O3/c1-10-6-7-12(17)8-11(10)9-15(16(19)20)21-14-5-3-2-4-13(14)18/h2-8,15H,9H2,1H3,(H,19,20)/t15-/m0/s1. The SMILES string of the molecule is Cc1ccc(Cl)cc1C[C@H](Oc1ccccc1Cl)C(=O)O. The number of aliphatic carboxylic acids is 1. The number of para-hydroxylation sites is 1. The van der Waals surface area contributed by atoms with Gasteiger partial charge in [0.1, 0.15) is 5.75 Å². The van der Waals surface area contributed by atoms with E-state index in [1.807, 2.05) is 13.0 Å². The molecular formula is C16H14Cl2O3. The Hall–Kier alpha value is -1.71. The van der Waals surface area contributed by atoms with Crippen molar-refractivity contribution in [3.8, 4) is 5.75 Å². The highest BCUT2D eigenvalue weighted by Gasteiger charge is 2.22. The van der Waals surface area contributed by atoms with E-state index in [9.17, 15) is 9.90 Å². The molecule has 0 spiro atoms. The Morgan fingerprint density at radius 1 is 1.24 bits per heavy atom. The Balaban J connectivity index is 2.22. The zero-order valence-corrected chi connectivity index (χ0v) is 12.9. The van der Waals surface area contributed by atoms with E-state index in [0.29, 0.717) is 15.8 Å². The van der Waals surface area contributed by atoms with E-state index in [-0.39, 0.29) is 6.42 Å². The van der Waals surface area contributed by atoms with Gasteiger partial charge in [-0.2, -0.15) is 0 Å². The van der Waals surface area contributed by atoms with Crippen LogP contribution in [0.4, 0.5) is 0 Å². The number of hydrogen-bond donors (Lipinski definition) is 1. The molecule has 2 aromatic rings. The van der Waals surface area contributed by atoms with Crippen molar-refractivity contribution in [2.45, 2.75) is 19.4 Å². The van der Waals surface area contributed by atoms with Gasteiger partial charge in [-0.1, -0.05) is 41.4 Å². The predicted octanol–water partition coefficient (Wildman–Crippen LogP) is 4.38. The summed E-state index contributed by atoms with van der Waals surface area (Å²) in [6.07, 6.45) is -0.811. The molecule has 0 heterocycles. The molecule has 0 bridgehead atoms. The molecule has 5 heteroatoms. The van der Waals surface area contributed by atoms with Crippen LogP contribution in [-0.2, 0) is 11.2 Å². The van der Waals surface area contributed by atoms with Crippen molar-refractivity contribution in [1.82, 2.24) is 0 Å². The van der Waals surface area contributed by atoms with Gasteiger partial charge < -0.3 is 9.84 Å². The zero-order chi connectivity index (χ0) is 15.4. The Labute approximate surface area is 133 Å². The summed E-state index contributed by atoms with van der Waals surface area (Å²) in [5, 5.41) is 10.3. The summed E-state index contributed by atoms with van der Waals surface area (Å²) >= 11 is 11.9. The molecule has 3 nitrogen and oxygen atoms in total. The minimum absolute atomic E-state index is 0.215. The van der Waals surface area contributed by atoms with E-state index in [1.54, 1.807) is 36.4 Å². The van der Waals surface area contributed by atoms with Crippen LogP contribution < -0.4 is 4.74 Å². The highest BCUT2D eigenvalue weighted by atomic mass is 35.5. The van der Waals surface area contributed by atoms with E-state index >= 15 is 0 Å². The first-order valence-electron chi connectivity index (χ1n) is 6.36. The van der Waals surface area contributed by atoms with Crippen molar-refractivity contribution in [2.75, 3.05) is 0 Å². The van der Waals surface area contributed by atoms with E-state index < -0.39 is 12.1 Å². The van der Waals surface area contributed by atoms with E-state index in [1.165, 1.54) is 0 Å². The molecule has 0 amide bonds. The average molecular weight is 325 g/mol. The lowest BCUT2D eigenvalue weighted by atomic mass is 10.0. The summed E-state index contributed by atoms with van der Waals surface area (Å²) in [4.78, 5) is 11.4. The number of benzene rings is 2. The highest BCUT2D eigenvalue weighted by Crippen LogP contribution is 2.26. The molecule has 0 unspecified atom stereocenters. The van der Waals surface area contributed by atoms with Gasteiger partial charge in [0.25, 0.3) is 0 Å². The van der Waals surface area contributed by atoms with Crippen LogP contribution in [0.25, 0.3) is 0 Å². The molecule has 0 radical (unpaired) electrons. The molecule has 21 heavy (non-hydrogen) atoms. The van der Waals surface area contributed by atoms with Gasteiger partial charge in [0.2, 0.25) is 0 Å². The number of carboxylic acids is 1. The monoisotopic (exact) mass is 324 g/mol. The smallest absolute Gasteiger partial charge is 0.345 e. The van der Waals surface area contributed by atoms with Crippen LogP contribution in [0.15, 0.2) is 42.5 Å². The first-order chi connectivity index (χ1) is 9.97. The maximum atomic E-state index is 11.4. The molecule has 110 valence electrons. The van der Waals surface area contributed by atoms with Gasteiger partial charge in [-0.3, -0.25) is 0 Å². The van der Waals surface area contributed by atoms with Crippen LogP contribution in [-0.4, -0.2) is 17.2 Å². The lowest BCUT2D eigenvalue weighted by Crippen LogP contribution is -2.29. The number of halogens is 2. The van der Waals surface area contributed by atoms with Gasteiger partial charge in [0, 0.05) is 11.4 Å². The third-order valence-corrected chi connectivity index (χ3v) is 3.65. The minimum atomic E-state index is -1.05. The topological polar surface area (TPSA) is 46.5 Å². The Bertz CT molecular complexity index is 656. The van der Waals surface area contributed by atoms with Gasteiger partial charge in [-0.25, -0.2) is 4.79 Å². The van der Waals surface area contributed by atoms with Gasteiger partial charge in [0.15, 0.2) is 6.10 Å². The van der Waals surface area contributed by atoms with Crippen LogP contribution in [0.3, 0.4) is 0 Å². The molecule has 1 N–H and O–H groups in total. The third-order valence-electron chi connectivity index (χ3n) is 3.10. The number of ether oxygens (including phenoxy) is 1. The summed E-state index contributed by atoms with van der Waals surface area (Å²) in [6.45, 7) is 1.90. The fourth-order valence-electron chi connectivity index (χ4n) is 1.93. The molecule has 0 aliphatic carbocycles. The molecular weight excluding hydrogens is 311 g/mol. The molecule has 2 aromatic carbocycles. The Morgan fingerprint density at radius 3 is 2.62 bits per heavy atom. The quantitative estimate of drug-likeness (QED) is 0.887. The number of rotatable bonds is 5. The maximum Gasteiger partial charge on any atom is 0.345 e. The van der Waals surface area contributed by atoms with Gasteiger partial charge in [0.05, 0.1) is 5.02 Å². The molecule has 0 saturated heterocycles. The fourth-order valence-corrected chi connectivity index (χ4v) is 2.31. The second-order valence-electron chi connectivity index (χ2n) is 4.65. The van der Waals surface area contributed by atoms with E-state index in [4.69, 9.17) is 27.9 Å². The van der Waals surface area contributed by atoms with Crippen molar-refractivity contribution >= 4 is 29.2 Å². The average Bonchev–Trinajstić information content (AvgIpc) is 2.44. The van der Waals surface area contributed by atoms with Crippen molar-refractivity contribution in [3.63, 3.8) is 0 Å². The van der Waals surface area contributed by atoms with Gasteiger partial charge in [-0.15, -0.1) is 0 Å². The second kappa shape index (κ2) is 6.83. The zero-order valence-electron chi connectivity index (χ0n) is 11.3. The van der Waals surface area contributed by atoms with Crippen molar-refractivity contribution in [2.24, 2.45) is 0 Å². The van der Waals surface area contributed by atoms with Crippen LogP contribution in [0.2, 0.25) is 10.0 Å². The molecule has 1 atom stereocenters. The van der Waals surface area contributed by atoms with E-state index in [2.05, 4.69) is 0 Å². The summed E-state index contributed by atoms with van der Waals surface area (Å²) in [6, 6.07) is 12.2. The normalized spacial score (nSPS) is 12.0. The highest BCUT2D eigenvalue weighted by molar-refractivity contribution is 6.32. The molecule has 0 fully saturated rings. The van der Waals surface area contributed by atoms with Gasteiger partial charge >= 0.3 is 5.97 Å². The molecule has 2 rings (SSSR count). The largest absolute Gasteiger partial charge is 0.478 e. The summed E-state index contributed by atoms with van der Waals surface area (Å²) in [5.41, 5.74) is 1.80. The first-order valence-corrected chi connectivity index (χ1v) is 7.12. The van der Waals surface area contributed by atoms with E-state index in [0.717, 1.165) is 11.1 Å². The Morgan fingerprint density at radius 2 is 1.95 bits per heavy atom. The van der Waals surface area contributed by atoms with Crippen LogP contribution in [0.5, 0.6) is 5.75 Å². The first kappa shape index (κ1) is 15.7. The maximum absolute atomic E-state index is 11.4. The summed E-state index contributed by atoms with van der Waals surface area (Å²) < 4.78 is 5.53. The minimum Gasteiger partial charge on any atom is -0.478 e. The van der Waals surface area contributed by atoms with Crippen LogP contribution >= 0.6 is 23.2 Å². The summed E-state index contributed by atoms with van der Waals surface area (Å²) in [5.74, 6) is -0.694. The number of aryl methyl sites for hydroxylation is 1. The second-order valence-corrected chi connectivity index (χ2v) is 5.49. The lowest BCUT2D eigenvalue weighted by Gasteiger charge is -2.17. The van der Waals surface area contributed by atoms with Crippen molar-refractivity contribution in [3.05, 3.63) is 63.6 Å². The molecule has 0 aliphatic heterocycles. The lowest BCUT2D eigenvalue weighted by molar-refractivity contribution is -0.145. The third kappa shape index (κ3) is 4.13. The number of hydrogen-bond acceptors (Lipinski definition) is 2. The van der Waals surface area contributed by atoms with Crippen molar-refractivity contribution < 1.29 is 14.6 Å². The van der Waals surface area contributed by atoms with Crippen LogP contribution in [0, 0.1) is 6.92 Å². The van der Waals surface area contributed by atoms with Crippen LogP contribution in [0.1, 0.15) is 11.1 Å². The predicted molar refractivity (Wildman–Crippen MR) is 83.4 cm³/mol. The number of carbonyl (C=O) groups is 1.